The second-order valence-electron chi connectivity index (χ2n) is 7.64. The number of methoxy groups -OCH3 is 2. The maximum atomic E-state index is 13.2. The maximum absolute atomic E-state index is 13.2. The van der Waals surface area contributed by atoms with Crippen molar-refractivity contribution >= 4 is 27.5 Å². The van der Waals surface area contributed by atoms with Gasteiger partial charge in [-0.2, -0.15) is 0 Å². The van der Waals surface area contributed by atoms with Crippen molar-refractivity contribution < 1.29 is 14.3 Å². The minimum atomic E-state index is -0.170. The lowest BCUT2D eigenvalue weighted by Crippen LogP contribution is -2.27. The number of rotatable bonds is 8. The number of amides is 1. The van der Waals surface area contributed by atoms with E-state index < -0.39 is 0 Å². The van der Waals surface area contributed by atoms with Crippen LogP contribution in [0.1, 0.15) is 17.5 Å². The SMILES string of the molecule is COc1ccc(OC)c(CNC(=O)CCn2cnc3scc(-c4ccc(C)cc4)c3c2=O)c1. The fourth-order valence-corrected chi connectivity index (χ4v) is 4.50. The number of hydrogen-bond acceptors (Lipinski definition) is 6. The third-order valence-corrected chi connectivity index (χ3v) is 6.35. The molecule has 0 atom stereocenters. The number of aryl methyl sites for hydroxylation is 2. The topological polar surface area (TPSA) is 82.4 Å². The molecule has 1 amide bonds. The minimum absolute atomic E-state index is 0.140. The molecule has 0 aliphatic carbocycles. The Bertz CT molecular complexity index is 1340. The number of benzene rings is 2. The summed E-state index contributed by atoms with van der Waals surface area (Å²) in [5.41, 5.74) is 3.68. The Morgan fingerprint density at radius 3 is 2.64 bits per heavy atom. The standard InChI is InChI=1S/C25H25N3O4S/c1-16-4-6-17(7-5-16)20-14-33-24-23(20)25(30)28(15-27-24)11-10-22(29)26-13-18-12-19(31-2)8-9-21(18)32-3/h4-9,12,14-15H,10-11,13H2,1-3H3,(H,26,29). The van der Waals surface area contributed by atoms with Crippen molar-refractivity contribution in [2.24, 2.45) is 0 Å². The highest BCUT2D eigenvalue weighted by Crippen LogP contribution is 2.30. The smallest absolute Gasteiger partial charge is 0.262 e. The molecular formula is C25H25N3O4S. The first-order valence-electron chi connectivity index (χ1n) is 10.5. The highest BCUT2D eigenvalue weighted by molar-refractivity contribution is 7.17. The number of ether oxygens (including phenoxy) is 2. The molecular weight excluding hydrogens is 438 g/mol. The van der Waals surface area contributed by atoms with E-state index in [4.69, 9.17) is 9.47 Å². The van der Waals surface area contributed by atoms with Gasteiger partial charge >= 0.3 is 0 Å². The molecule has 33 heavy (non-hydrogen) atoms. The van der Waals surface area contributed by atoms with Crippen molar-refractivity contribution in [2.75, 3.05) is 14.2 Å². The average molecular weight is 464 g/mol. The Morgan fingerprint density at radius 1 is 1.12 bits per heavy atom. The van der Waals surface area contributed by atoms with Crippen LogP contribution in [-0.4, -0.2) is 29.7 Å². The van der Waals surface area contributed by atoms with Crippen LogP contribution in [0.25, 0.3) is 21.3 Å². The lowest BCUT2D eigenvalue weighted by Gasteiger charge is -2.12. The van der Waals surface area contributed by atoms with Gasteiger partial charge in [0.25, 0.3) is 5.56 Å². The van der Waals surface area contributed by atoms with Gasteiger partial charge in [-0.05, 0) is 30.7 Å². The second-order valence-corrected chi connectivity index (χ2v) is 8.50. The zero-order chi connectivity index (χ0) is 23.4. The number of thiophene rings is 1. The number of aromatic nitrogens is 2. The van der Waals surface area contributed by atoms with Crippen molar-refractivity contribution in [3.63, 3.8) is 0 Å². The van der Waals surface area contributed by atoms with E-state index in [2.05, 4.69) is 10.3 Å². The maximum Gasteiger partial charge on any atom is 0.262 e. The fourth-order valence-electron chi connectivity index (χ4n) is 3.60. The van der Waals surface area contributed by atoms with Gasteiger partial charge in [-0.1, -0.05) is 29.8 Å². The Labute approximate surface area is 195 Å². The van der Waals surface area contributed by atoms with E-state index in [1.165, 1.54) is 22.2 Å². The van der Waals surface area contributed by atoms with Crippen molar-refractivity contribution in [3.05, 3.63) is 75.7 Å². The molecule has 0 radical (unpaired) electrons. The normalized spacial score (nSPS) is 10.9. The predicted octanol–water partition coefficient (Wildman–Crippen LogP) is 4.16. The zero-order valence-electron chi connectivity index (χ0n) is 18.8. The third kappa shape index (κ3) is 4.90. The van der Waals surface area contributed by atoms with Crippen LogP contribution in [0.5, 0.6) is 11.5 Å². The van der Waals surface area contributed by atoms with E-state index in [1.807, 2.05) is 42.6 Å². The molecule has 0 saturated heterocycles. The van der Waals surface area contributed by atoms with Crippen LogP contribution in [0.4, 0.5) is 0 Å². The van der Waals surface area contributed by atoms with Crippen molar-refractivity contribution in [1.82, 2.24) is 14.9 Å². The van der Waals surface area contributed by atoms with Crippen LogP contribution in [0, 0.1) is 6.92 Å². The molecule has 170 valence electrons. The summed E-state index contributed by atoms with van der Waals surface area (Å²) in [6.45, 7) is 2.57. The summed E-state index contributed by atoms with van der Waals surface area (Å²) < 4.78 is 12.1. The van der Waals surface area contributed by atoms with E-state index in [0.29, 0.717) is 28.3 Å². The van der Waals surface area contributed by atoms with Crippen LogP contribution in [0.2, 0.25) is 0 Å². The van der Waals surface area contributed by atoms with Gasteiger partial charge in [0.2, 0.25) is 5.91 Å². The molecule has 0 fully saturated rings. The molecule has 1 N–H and O–H groups in total. The predicted molar refractivity (Wildman–Crippen MR) is 130 cm³/mol. The van der Waals surface area contributed by atoms with Gasteiger partial charge in [-0.25, -0.2) is 4.98 Å². The summed E-state index contributed by atoms with van der Waals surface area (Å²) in [7, 11) is 3.17. The van der Waals surface area contributed by atoms with E-state index in [9.17, 15) is 9.59 Å². The van der Waals surface area contributed by atoms with E-state index >= 15 is 0 Å². The first-order valence-corrected chi connectivity index (χ1v) is 11.4. The molecule has 2 aromatic heterocycles. The Hall–Kier alpha value is -3.65. The lowest BCUT2D eigenvalue weighted by molar-refractivity contribution is -0.121. The van der Waals surface area contributed by atoms with Gasteiger partial charge in [-0.3, -0.25) is 14.2 Å². The quantitative estimate of drug-likeness (QED) is 0.424. The van der Waals surface area contributed by atoms with Crippen LogP contribution in [0.15, 0.2) is 59.0 Å². The number of hydrogen-bond donors (Lipinski definition) is 1. The average Bonchev–Trinajstić information content (AvgIpc) is 3.27. The highest BCUT2D eigenvalue weighted by Gasteiger charge is 2.14. The van der Waals surface area contributed by atoms with Crippen LogP contribution < -0.4 is 20.3 Å². The Balaban J connectivity index is 1.47. The summed E-state index contributed by atoms with van der Waals surface area (Å²) >= 11 is 1.45. The van der Waals surface area contributed by atoms with E-state index in [0.717, 1.165) is 22.3 Å². The summed E-state index contributed by atoms with van der Waals surface area (Å²) in [4.78, 5) is 30.8. The molecule has 7 nitrogen and oxygen atoms in total. The van der Waals surface area contributed by atoms with Gasteiger partial charge in [-0.15, -0.1) is 11.3 Å². The Morgan fingerprint density at radius 2 is 1.91 bits per heavy atom. The van der Waals surface area contributed by atoms with Crippen molar-refractivity contribution in [2.45, 2.75) is 26.4 Å². The number of carbonyl (C=O) groups is 1. The van der Waals surface area contributed by atoms with Crippen LogP contribution >= 0.6 is 11.3 Å². The molecule has 2 heterocycles. The summed E-state index contributed by atoms with van der Waals surface area (Å²) in [6.07, 6.45) is 1.67. The second kappa shape index (κ2) is 9.87. The molecule has 0 bridgehead atoms. The molecule has 0 saturated carbocycles. The lowest BCUT2D eigenvalue weighted by atomic mass is 10.1. The number of carbonyl (C=O) groups excluding carboxylic acids is 1. The number of nitrogens with one attached hydrogen (secondary N) is 1. The monoisotopic (exact) mass is 463 g/mol. The highest BCUT2D eigenvalue weighted by atomic mass is 32.1. The Kier molecular flexibility index (Phi) is 6.74. The molecule has 0 aliphatic rings. The van der Waals surface area contributed by atoms with Crippen molar-refractivity contribution in [1.29, 1.82) is 0 Å². The largest absolute Gasteiger partial charge is 0.497 e. The van der Waals surface area contributed by atoms with Gasteiger partial charge in [0.15, 0.2) is 0 Å². The van der Waals surface area contributed by atoms with Crippen LogP contribution in [0.3, 0.4) is 0 Å². The van der Waals surface area contributed by atoms with Gasteiger partial charge in [0.1, 0.15) is 16.3 Å². The van der Waals surface area contributed by atoms with Gasteiger partial charge < -0.3 is 14.8 Å². The molecule has 4 rings (SSSR count). The molecule has 8 heteroatoms. The molecule has 4 aromatic rings. The summed E-state index contributed by atoms with van der Waals surface area (Å²) in [6, 6.07) is 13.5. The summed E-state index contributed by atoms with van der Waals surface area (Å²) in [5.74, 6) is 1.19. The molecule has 0 unspecified atom stereocenters. The molecule has 2 aromatic carbocycles. The molecule has 0 spiro atoms. The summed E-state index contributed by atoms with van der Waals surface area (Å²) in [5, 5.41) is 5.43. The van der Waals surface area contributed by atoms with Crippen molar-refractivity contribution in [3.8, 4) is 22.6 Å². The minimum Gasteiger partial charge on any atom is -0.497 e. The number of fused-ring (bicyclic) bond motifs is 1. The third-order valence-electron chi connectivity index (χ3n) is 5.47. The van der Waals surface area contributed by atoms with E-state index in [-0.39, 0.29) is 24.4 Å². The fraction of sp³-hybridized carbons (Fsp3) is 0.240. The van der Waals surface area contributed by atoms with Gasteiger partial charge in [0, 0.05) is 36.0 Å². The zero-order valence-corrected chi connectivity index (χ0v) is 19.6. The first-order chi connectivity index (χ1) is 16.0. The van der Waals surface area contributed by atoms with Gasteiger partial charge in [0.05, 0.1) is 25.9 Å². The molecule has 0 aliphatic heterocycles. The van der Waals surface area contributed by atoms with Crippen LogP contribution in [-0.2, 0) is 17.9 Å². The first kappa shape index (κ1) is 22.5. The number of nitrogens with zero attached hydrogens (tertiary/aromatic N) is 2. The van der Waals surface area contributed by atoms with E-state index in [1.54, 1.807) is 26.4 Å².